The Balaban J connectivity index is 1.86. The van der Waals surface area contributed by atoms with Gasteiger partial charge in [-0.25, -0.2) is 0 Å². The molecule has 2 N–H and O–H groups in total. The first-order chi connectivity index (χ1) is 8.69. The molecule has 3 unspecified atom stereocenters. The van der Waals surface area contributed by atoms with Crippen LogP contribution >= 0.6 is 0 Å². The first-order valence-electron chi connectivity index (χ1n) is 7.11. The summed E-state index contributed by atoms with van der Waals surface area (Å²) in [5, 5.41) is 12.7. The maximum atomic E-state index is 9.01. The Morgan fingerprint density at radius 1 is 1.11 bits per heavy atom. The monoisotopic (exact) mass is 247 g/mol. The number of rotatable bonds is 4. The van der Waals surface area contributed by atoms with Crippen molar-refractivity contribution in [2.45, 2.75) is 52.3 Å². The van der Waals surface area contributed by atoms with Crippen molar-refractivity contribution in [1.82, 2.24) is 5.32 Å². The van der Waals surface area contributed by atoms with E-state index in [-0.39, 0.29) is 6.61 Å². The highest BCUT2D eigenvalue weighted by molar-refractivity contribution is 5.21. The van der Waals surface area contributed by atoms with E-state index in [1.54, 1.807) is 0 Å². The molecular weight excluding hydrogens is 222 g/mol. The summed E-state index contributed by atoms with van der Waals surface area (Å²) in [6.07, 6.45) is 4.03. The van der Waals surface area contributed by atoms with Crippen LogP contribution in [0.3, 0.4) is 0 Å². The molecule has 0 radical (unpaired) electrons. The minimum absolute atomic E-state index is 0.130. The van der Waals surface area contributed by atoms with Crippen LogP contribution in [-0.4, -0.2) is 11.1 Å². The number of benzene rings is 1. The van der Waals surface area contributed by atoms with Gasteiger partial charge in [-0.15, -0.1) is 0 Å². The standard InChI is InChI=1S/C16H25NO/c1-12-3-4-13(2)16(9-12)17-10-14-5-7-15(11-18)8-6-14/h5-8,12-13,16-18H,3-4,9-11H2,1-2H3. The van der Waals surface area contributed by atoms with Gasteiger partial charge in [-0.1, -0.05) is 44.5 Å². The summed E-state index contributed by atoms with van der Waals surface area (Å²) in [4.78, 5) is 0. The molecule has 1 aromatic rings. The molecule has 0 aliphatic heterocycles. The zero-order chi connectivity index (χ0) is 13.0. The average molecular weight is 247 g/mol. The second-order valence-electron chi connectivity index (χ2n) is 5.86. The van der Waals surface area contributed by atoms with E-state index in [2.05, 4.69) is 31.3 Å². The van der Waals surface area contributed by atoms with Gasteiger partial charge in [-0.2, -0.15) is 0 Å². The van der Waals surface area contributed by atoms with Gasteiger partial charge in [0.1, 0.15) is 0 Å². The summed E-state index contributed by atoms with van der Waals surface area (Å²) in [5.74, 6) is 1.65. The third-order valence-corrected chi connectivity index (χ3v) is 4.23. The molecule has 0 aromatic heterocycles. The lowest BCUT2D eigenvalue weighted by Crippen LogP contribution is -2.39. The van der Waals surface area contributed by atoms with Crippen LogP contribution in [0, 0.1) is 11.8 Å². The molecule has 0 amide bonds. The third kappa shape index (κ3) is 3.56. The summed E-state index contributed by atoms with van der Waals surface area (Å²) in [6.45, 7) is 5.79. The highest BCUT2D eigenvalue weighted by Crippen LogP contribution is 2.28. The molecule has 1 fully saturated rings. The summed E-state index contributed by atoms with van der Waals surface area (Å²) < 4.78 is 0. The molecule has 1 aromatic carbocycles. The Bertz CT molecular complexity index is 360. The van der Waals surface area contributed by atoms with Crippen LogP contribution in [0.25, 0.3) is 0 Å². The van der Waals surface area contributed by atoms with E-state index in [0.29, 0.717) is 6.04 Å². The van der Waals surface area contributed by atoms with Crippen LogP contribution < -0.4 is 5.32 Å². The number of nitrogens with one attached hydrogen (secondary N) is 1. The van der Waals surface area contributed by atoms with Crippen LogP contribution in [0.15, 0.2) is 24.3 Å². The van der Waals surface area contributed by atoms with Gasteiger partial charge < -0.3 is 10.4 Å². The highest BCUT2D eigenvalue weighted by atomic mass is 16.3. The minimum atomic E-state index is 0.130. The molecule has 1 aliphatic carbocycles. The van der Waals surface area contributed by atoms with E-state index in [1.165, 1.54) is 24.8 Å². The number of hydrogen-bond donors (Lipinski definition) is 2. The topological polar surface area (TPSA) is 32.3 Å². The lowest BCUT2D eigenvalue weighted by atomic mass is 9.80. The Kier molecular flexibility index (Phi) is 4.79. The largest absolute Gasteiger partial charge is 0.392 e. The molecule has 2 rings (SSSR count). The zero-order valence-electron chi connectivity index (χ0n) is 11.5. The molecule has 0 spiro atoms. The number of aliphatic hydroxyl groups is 1. The van der Waals surface area contributed by atoms with Gasteiger partial charge in [-0.05, 0) is 35.8 Å². The van der Waals surface area contributed by atoms with Crippen molar-refractivity contribution in [2.75, 3.05) is 0 Å². The molecule has 18 heavy (non-hydrogen) atoms. The van der Waals surface area contributed by atoms with Crippen LogP contribution in [-0.2, 0) is 13.2 Å². The van der Waals surface area contributed by atoms with Crippen molar-refractivity contribution >= 4 is 0 Å². The third-order valence-electron chi connectivity index (χ3n) is 4.23. The minimum Gasteiger partial charge on any atom is -0.392 e. The fraction of sp³-hybridized carbons (Fsp3) is 0.625. The maximum Gasteiger partial charge on any atom is 0.0681 e. The SMILES string of the molecule is CC1CCC(C)C(NCc2ccc(CO)cc2)C1. The van der Waals surface area contributed by atoms with Gasteiger partial charge >= 0.3 is 0 Å². The molecule has 0 heterocycles. The Hall–Kier alpha value is -0.860. The summed E-state index contributed by atoms with van der Waals surface area (Å²) in [6, 6.07) is 8.88. The fourth-order valence-corrected chi connectivity index (χ4v) is 2.83. The number of hydrogen-bond acceptors (Lipinski definition) is 2. The van der Waals surface area contributed by atoms with Gasteiger partial charge in [0.2, 0.25) is 0 Å². The Labute approximate surface area is 110 Å². The molecular formula is C16H25NO. The zero-order valence-corrected chi connectivity index (χ0v) is 11.5. The van der Waals surface area contributed by atoms with E-state index in [4.69, 9.17) is 5.11 Å². The number of aliphatic hydroxyl groups excluding tert-OH is 1. The molecule has 1 aliphatic rings. The van der Waals surface area contributed by atoms with Crippen molar-refractivity contribution in [2.24, 2.45) is 11.8 Å². The summed E-state index contributed by atoms with van der Waals surface area (Å²) >= 11 is 0. The van der Waals surface area contributed by atoms with Gasteiger partial charge in [0.05, 0.1) is 6.61 Å². The second kappa shape index (κ2) is 6.35. The average Bonchev–Trinajstić information content (AvgIpc) is 2.40. The first kappa shape index (κ1) is 13.6. The second-order valence-corrected chi connectivity index (χ2v) is 5.86. The summed E-state index contributed by atoms with van der Waals surface area (Å²) in [5.41, 5.74) is 2.29. The van der Waals surface area contributed by atoms with Crippen LogP contribution in [0.2, 0.25) is 0 Å². The van der Waals surface area contributed by atoms with Gasteiger partial charge in [-0.3, -0.25) is 0 Å². The van der Waals surface area contributed by atoms with Crippen molar-refractivity contribution in [1.29, 1.82) is 0 Å². The quantitative estimate of drug-likeness (QED) is 0.857. The first-order valence-corrected chi connectivity index (χ1v) is 7.11. The van der Waals surface area contributed by atoms with Crippen LogP contribution in [0.1, 0.15) is 44.2 Å². The van der Waals surface area contributed by atoms with E-state index in [0.717, 1.165) is 23.9 Å². The molecule has 3 atom stereocenters. The van der Waals surface area contributed by atoms with Crippen molar-refractivity contribution in [3.8, 4) is 0 Å². The van der Waals surface area contributed by atoms with Crippen LogP contribution in [0.4, 0.5) is 0 Å². The lowest BCUT2D eigenvalue weighted by molar-refractivity contribution is 0.227. The van der Waals surface area contributed by atoms with Crippen molar-refractivity contribution in [3.63, 3.8) is 0 Å². The van der Waals surface area contributed by atoms with Crippen LogP contribution in [0.5, 0.6) is 0 Å². The van der Waals surface area contributed by atoms with Crippen molar-refractivity contribution < 1.29 is 5.11 Å². The molecule has 1 saturated carbocycles. The van der Waals surface area contributed by atoms with Crippen molar-refractivity contribution in [3.05, 3.63) is 35.4 Å². The van der Waals surface area contributed by atoms with Gasteiger partial charge in [0.25, 0.3) is 0 Å². The van der Waals surface area contributed by atoms with E-state index < -0.39 is 0 Å². The molecule has 0 saturated heterocycles. The summed E-state index contributed by atoms with van der Waals surface area (Å²) in [7, 11) is 0. The van der Waals surface area contributed by atoms with E-state index in [1.807, 2.05) is 12.1 Å². The predicted octanol–water partition coefficient (Wildman–Crippen LogP) is 3.09. The maximum absolute atomic E-state index is 9.01. The Morgan fingerprint density at radius 2 is 1.78 bits per heavy atom. The lowest BCUT2D eigenvalue weighted by Gasteiger charge is -2.33. The predicted molar refractivity (Wildman–Crippen MR) is 75.2 cm³/mol. The van der Waals surface area contributed by atoms with E-state index >= 15 is 0 Å². The molecule has 0 bridgehead atoms. The van der Waals surface area contributed by atoms with Gasteiger partial charge in [0, 0.05) is 12.6 Å². The van der Waals surface area contributed by atoms with E-state index in [9.17, 15) is 0 Å². The smallest absolute Gasteiger partial charge is 0.0681 e. The van der Waals surface area contributed by atoms with Gasteiger partial charge in [0.15, 0.2) is 0 Å². The Morgan fingerprint density at radius 3 is 2.44 bits per heavy atom. The normalized spacial score (nSPS) is 28.3. The highest BCUT2D eigenvalue weighted by Gasteiger charge is 2.24. The fourth-order valence-electron chi connectivity index (χ4n) is 2.83. The molecule has 2 heteroatoms. The molecule has 100 valence electrons. The molecule has 2 nitrogen and oxygen atoms in total.